The normalized spacial score (nSPS) is 10.7. The third-order valence-electron chi connectivity index (χ3n) is 2.88. The largest absolute Gasteiger partial charge is 0.475 e. The average molecular weight is 254 g/mol. The molecule has 1 aromatic heterocycles. The van der Waals surface area contributed by atoms with Crippen LogP contribution in [0.3, 0.4) is 0 Å². The summed E-state index contributed by atoms with van der Waals surface area (Å²) in [4.78, 5) is 14.5. The molecule has 94 valence electrons. The molecule has 0 saturated heterocycles. The Labute approximate surface area is 108 Å². The van der Waals surface area contributed by atoms with Crippen LogP contribution in [-0.4, -0.2) is 21.2 Å². The van der Waals surface area contributed by atoms with Gasteiger partial charge in [-0.3, -0.25) is 0 Å². The van der Waals surface area contributed by atoms with Crippen LogP contribution in [0.2, 0.25) is 0 Å². The van der Waals surface area contributed by atoms with Crippen LogP contribution in [0.4, 0.5) is 0 Å². The lowest BCUT2D eigenvalue weighted by Gasteiger charge is -2.03. The summed E-state index contributed by atoms with van der Waals surface area (Å²) in [6.45, 7) is 0. The number of benzene rings is 2. The minimum atomic E-state index is -1.19. The molecule has 0 bridgehead atoms. The first-order valence-electron chi connectivity index (χ1n) is 5.76. The van der Waals surface area contributed by atoms with Crippen molar-refractivity contribution < 1.29 is 14.4 Å². The summed E-state index contributed by atoms with van der Waals surface area (Å²) in [5, 5.41) is 14.4. The fourth-order valence-electron chi connectivity index (χ4n) is 2.02. The first-order chi connectivity index (χ1) is 9.24. The Morgan fingerprint density at radius 3 is 2.74 bits per heavy atom. The van der Waals surface area contributed by atoms with Crippen molar-refractivity contribution in [1.29, 1.82) is 0 Å². The molecule has 0 fully saturated rings. The van der Waals surface area contributed by atoms with Crippen LogP contribution in [0, 0.1) is 0 Å². The third kappa shape index (κ3) is 2.18. The molecule has 3 aromatic rings. The third-order valence-corrected chi connectivity index (χ3v) is 2.88. The molecule has 0 unspecified atom stereocenters. The molecule has 1 N–H and O–H groups in total. The number of rotatable bonds is 3. The van der Waals surface area contributed by atoms with Gasteiger partial charge in [-0.05, 0) is 21.5 Å². The van der Waals surface area contributed by atoms with Gasteiger partial charge in [0.15, 0.2) is 0 Å². The number of hydrogen-bond acceptors (Lipinski definition) is 4. The Bertz CT molecular complexity index is 744. The fraction of sp³-hybridized carbons (Fsp3) is 0.0714. The van der Waals surface area contributed by atoms with Crippen molar-refractivity contribution in [2.24, 2.45) is 0 Å². The number of carbonyl (C=O) groups is 1. The Morgan fingerprint density at radius 2 is 1.95 bits per heavy atom. The molecule has 0 aliphatic rings. The van der Waals surface area contributed by atoms with Crippen LogP contribution in [0.5, 0.6) is 0 Å². The van der Waals surface area contributed by atoms with E-state index in [-0.39, 0.29) is 5.82 Å². The van der Waals surface area contributed by atoms with Crippen molar-refractivity contribution in [3.63, 3.8) is 0 Å². The predicted octanol–water partition coefficient (Wildman–Crippen LogP) is 2.51. The SMILES string of the molecule is O=C(O)c1noc(Cc2cccc3ccccc23)n1. The molecule has 5 heteroatoms. The van der Waals surface area contributed by atoms with Gasteiger partial charge in [-0.15, -0.1) is 0 Å². The first kappa shape index (κ1) is 11.4. The summed E-state index contributed by atoms with van der Waals surface area (Å²) in [7, 11) is 0. The zero-order valence-electron chi connectivity index (χ0n) is 9.91. The highest BCUT2D eigenvalue weighted by Gasteiger charge is 2.13. The van der Waals surface area contributed by atoms with Gasteiger partial charge in [0.25, 0.3) is 5.82 Å². The van der Waals surface area contributed by atoms with Gasteiger partial charge >= 0.3 is 5.97 Å². The van der Waals surface area contributed by atoms with E-state index in [4.69, 9.17) is 9.63 Å². The van der Waals surface area contributed by atoms with E-state index in [2.05, 4.69) is 10.1 Å². The van der Waals surface area contributed by atoms with Gasteiger partial charge in [-0.1, -0.05) is 42.5 Å². The van der Waals surface area contributed by atoms with E-state index in [1.807, 2.05) is 42.5 Å². The van der Waals surface area contributed by atoms with Gasteiger partial charge in [-0.2, -0.15) is 4.98 Å². The topological polar surface area (TPSA) is 76.2 Å². The van der Waals surface area contributed by atoms with Gasteiger partial charge < -0.3 is 9.63 Å². The molecular weight excluding hydrogens is 244 g/mol. The van der Waals surface area contributed by atoms with E-state index >= 15 is 0 Å². The quantitative estimate of drug-likeness (QED) is 0.777. The van der Waals surface area contributed by atoms with Gasteiger partial charge in [0.2, 0.25) is 5.89 Å². The van der Waals surface area contributed by atoms with E-state index in [0.717, 1.165) is 16.3 Å². The van der Waals surface area contributed by atoms with Crippen LogP contribution in [0.25, 0.3) is 10.8 Å². The van der Waals surface area contributed by atoms with Crippen LogP contribution < -0.4 is 0 Å². The number of aromatic carboxylic acids is 1. The number of fused-ring (bicyclic) bond motifs is 1. The Morgan fingerprint density at radius 1 is 1.16 bits per heavy atom. The number of carboxylic acid groups (broad SMARTS) is 1. The summed E-state index contributed by atoms with van der Waals surface area (Å²) in [5.74, 6) is -1.20. The lowest BCUT2D eigenvalue weighted by atomic mass is 10.0. The van der Waals surface area contributed by atoms with Crippen LogP contribution >= 0.6 is 0 Å². The zero-order valence-corrected chi connectivity index (χ0v) is 9.91. The number of hydrogen-bond donors (Lipinski definition) is 1. The molecule has 0 spiro atoms. The van der Waals surface area contributed by atoms with E-state index in [1.165, 1.54) is 0 Å². The van der Waals surface area contributed by atoms with Crippen molar-refractivity contribution >= 4 is 16.7 Å². The molecule has 0 aliphatic carbocycles. The summed E-state index contributed by atoms with van der Waals surface area (Å²) in [6.07, 6.45) is 0.418. The summed E-state index contributed by atoms with van der Waals surface area (Å²) < 4.78 is 4.94. The highest BCUT2D eigenvalue weighted by Crippen LogP contribution is 2.20. The van der Waals surface area contributed by atoms with Crippen molar-refractivity contribution in [2.45, 2.75) is 6.42 Å². The molecule has 0 amide bonds. The average Bonchev–Trinajstić information content (AvgIpc) is 2.88. The lowest BCUT2D eigenvalue weighted by Crippen LogP contribution is -1.99. The minimum Gasteiger partial charge on any atom is -0.475 e. The van der Waals surface area contributed by atoms with Crippen molar-refractivity contribution in [2.75, 3.05) is 0 Å². The number of carboxylic acids is 1. The van der Waals surface area contributed by atoms with Gasteiger partial charge in [0, 0.05) is 0 Å². The second-order valence-corrected chi connectivity index (χ2v) is 4.13. The minimum absolute atomic E-state index is 0.300. The molecule has 19 heavy (non-hydrogen) atoms. The van der Waals surface area contributed by atoms with Crippen LogP contribution in [0.15, 0.2) is 47.0 Å². The highest BCUT2D eigenvalue weighted by atomic mass is 16.5. The van der Waals surface area contributed by atoms with Gasteiger partial charge in [0.05, 0.1) is 6.42 Å². The Balaban J connectivity index is 1.98. The van der Waals surface area contributed by atoms with E-state index < -0.39 is 5.97 Å². The highest BCUT2D eigenvalue weighted by molar-refractivity contribution is 5.86. The maximum atomic E-state index is 10.7. The van der Waals surface area contributed by atoms with Gasteiger partial charge in [0.1, 0.15) is 0 Å². The molecule has 0 aliphatic heterocycles. The van der Waals surface area contributed by atoms with Crippen LogP contribution in [-0.2, 0) is 6.42 Å². The summed E-state index contributed by atoms with van der Waals surface area (Å²) in [5.41, 5.74) is 1.03. The second kappa shape index (κ2) is 4.53. The monoisotopic (exact) mass is 254 g/mol. The number of nitrogens with zero attached hydrogens (tertiary/aromatic N) is 2. The van der Waals surface area contributed by atoms with Crippen molar-refractivity contribution in [3.8, 4) is 0 Å². The molecule has 0 saturated carbocycles. The standard InChI is InChI=1S/C14H10N2O3/c17-14(18)13-15-12(19-16-13)8-10-6-3-5-9-4-1-2-7-11(9)10/h1-7H,8H2,(H,17,18). The fourth-order valence-corrected chi connectivity index (χ4v) is 2.02. The first-order valence-corrected chi connectivity index (χ1v) is 5.76. The lowest BCUT2D eigenvalue weighted by molar-refractivity contribution is 0.0680. The number of aromatic nitrogens is 2. The van der Waals surface area contributed by atoms with E-state index in [0.29, 0.717) is 12.3 Å². The van der Waals surface area contributed by atoms with Crippen molar-refractivity contribution in [3.05, 3.63) is 59.7 Å². The maximum absolute atomic E-state index is 10.7. The molecule has 0 atom stereocenters. The molecular formula is C14H10N2O3. The molecule has 0 radical (unpaired) electrons. The molecule has 1 heterocycles. The predicted molar refractivity (Wildman–Crippen MR) is 68.0 cm³/mol. The summed E-state index contributed by atoms with van der Waals surface area (Å²) >= 11 is 0. The van der Waals surface area contributed by atoms with E-state index in [9.17, 15) is 4.79 Å². The summed E-state index contributed by atoms with van der Waals surface area (Å²) in [6, 6.07) is 13.9. The maximum Gasteiger partial charge on any atom is 0.377 e. The molecule has 2 aromatic carbocycles. The van der Waals surface area contributed by atoms with Gasteiger partial charge in [-0.25, -0.2) is 4.79 Å². The second-order valence-electron chi connectivity index (χ2n) is 4.13. The van der Waals surface area contributed by atoms with Crippen molar-refractivity contribution in [1.82, 2.24) is 10.1 Å². The Hall–Kier alpha value is -2.69. The zero-order chi connectivity index (χ0) is 13.2. The van der Waals surface area contributed by atoms with Crippen LogP contribution in [0.1, 0.15) is 22.1 Å². The Kier molecular flexibility index (Phi) is 2.72. The molecule has 5 nitrogen and oxygen atoms in total. The smallest absolute Gasteiger partial charge is 0.377 e. The molecule has 3 rings (SSSR count). The van der Waals surface area contributed by atoms with E-state index in [1.54, 1.807) is 0 Å².